The van der Waals surface area contributed by atoms with E-state index in [1.165, 1.54) is 6.07 Å². The number of hydrogen-bond donors (Lipinski definition) is 1. The second-order valence-corrected chi connectivity index (χ2v) is 5.40. The highest BCUT2D eigenvalue weighted by Crippen LogP contribution is 2.21. The summed E-state index contributed by atoms with van der Waals surface area (Å²) in [7, 11) is 0. The lowest BCUT2D eigenvalue weighted by molar-refractivity contribution is 0.524. The molecule has 0 aliphatic heterocycles. The minimum atomic E-state index is -0.210. The monoisotopic (exact) mass is 290 g/mol. The molecule has 1 aromatic carbocycles. The largest absolute Gasteiger partial charge is 0.363 e. The highest BCUT2D eigenvalue weighted by molar-refractivity contribution is 5.47. The van der Waals surface area contributed by atoms with Crippen molar-refractivity contribution in [2.75, 3.05) is 18.0 Å². The summed E-state index contributed by atoms with van der Waals surface area (Å²) in [5.41, 5.74) is 7.13. The molecule has 5 heteroatoms. The number of hydrogen-bond acceptors (Lipinski definition) is 3. The van der Waals surface area contributed by atoms with Gasteiger partial charge in [0.05, 0.1) is 17.9 Å². The Morgan fingerprint density at radius 2 is 2.05 bits per heavy atom. The Morgan fingerprint density at radius 3 is 2.67 bits per heavy atom. The van der Waals surface area contributed by atoms with Crippen molar-refractivity contribution in [3.63, 3.8) is 0 Å². The molecule has 1 heterocycles. The standard InChI is InChI=1S/C16H23FN4/c1-13(2)21-11-8-14(19-21)12-20(10-5-9-18)16-7-4-3-6-15(16)17/h3-4,6-8,11,13H,5,9-10,12,18H2,1-2H3. The SMILES string of the molecule is CC(C)n1ccc(CN(CCCN)c2ccccc2F)n1. The third-order valence-electron chi connectivity index (χ3n) is 3.37. The van der Waals surface area contributed by atoms with Gasteiger partial charge in [0, 0.05) is 18.8 Å². The van der Waals surface area contributed by atoms with Gasteiger partial charge in [-0.05, 0) is 45.0 Å². The van der Waals surface area contributed by atoms with E-state index in [0.29, 0.717) is 31.4 Å². The maximum absolute atomic E-state index is 14.0. The summed E-state index contributed by atoms with van der Waals surface area (Å²) < 4.78 is 15.9. The molecule has 0 fully saturated rings. The molecule has 0 spiro atoms. The van der Waals surface area contributed by atoms with Crippen molar-refractivity contribution in [1.82, 2.24) is 9.78 Å². The summed E-state index contributed by atoms with van der Waals surface area (Å²) >= 11 is 0. The summed E-state index contributed by atoms with van der Waals surface area (Å²) in [6.45, 7) is 6.05. The Morgan fingerprint density at radius 1 is 1.29 bits per heavy atom. The van der Waals surface area contributed by atoms with Gasteiger partial charge in [0.25, 0.3) is 0 Å². The van der Waals surface area contributed by atoms with E-state index in [1.807, 2.05) is 27.9 Å². The normalized spacial score (nSPS) is 11.1. The molecule has 0 bridgehead atoms. The molecule has 2 aromatic rings. The summed E-state index contributed by atoms with van der Waals surface area (Å²) in [4.78, 5) is 2.00. The zero-order valence-electron chi connectivity index (χ0n) is 12.7. The van der Waals surface area contributed by atoms with Crippen LogP contribution in [0.25, 0.3) is 0 Å². The zero-order valence-corrected chi connectivity index (χ0v) is 12.7. The first-order valence-corrected chi connectivity index (χ1v) is 7.35. The van der Waals surface area contributed by atoms with Gasteiger partial charge in [-0.2, -0.15) is 5.10 Å². The predicted octanol–water partition coefficient (Wildman–Crippen LogP) is 2.96. The molecule has 0 saturated carbocycles. The molecule has 1 aromatic heterocycles. The van der Waals surface area contributed by atoms with E-state index in [4.69, 9.17) is 5.73 Å². The molecule has 21 heavy (non-hydrogen) atoms. The highest BCUT2D eigenvalue weighted by atomic mass is 19.1. The maximum Gasteiger partial charge on any atom is 0.146 e. The van der Waals surface area contributed by atoms with Crippen molar-refractivity contribution in [1.29, 1.82) is 0 Å². The average molecular weight is 290 g/mol. The Balaban J connectivity index is 2.18. The van der Waals surface area contributed by atoms with Crippen LogP contribution in [0.3, 0.4) is 0 Å². The Kier molecular flexibility index (Phi) is 5.33. The summed E-state index contributed by atoms with van der Waals surface area (Å²) in [6.07, 6.45) is 2.78. The van der Waals surface area contributed by atoms with Gasteiger partial charge in [0.2, 0.25) is 0 Å². The number of benzene rings is 1. The third-order valence-corrected chi connectivity index (χ3v) is 3.37. The first kappa shape index (κ1) is 15.5. The smallest absolute Gasteiger partial charge is 0.146 e. The van der Waals surface area contributed by atoms with Crippen LogP contribution in [-0.2, 0) is 6.54 Å². The van der Waals surface area contributed by atoms with Crippen molar-refractivity contribution in [2.24, 2.45) is 5.73 Å². The zero-order chi connectivity index (χ0) is 15.2. The second kappa shape index (κ2) is 7.22. The first-order chi connectivity index (χ1) is 10.1. The number of rotatable bonds is 7. The number of halogens is 1. The fourth-order valence-electron chi connectivity index (χ4n) is 2.22. The van der Waals surface area contributed by atoms with Crippen LogP contribution in [0.4, 0.5) is 10.1 Å². The van der Waals surface area contributed by atoms with Crippen molar-refractivity contribution >= 4 is 5.69 Å². The van der Waals surface area contributed by atoms with E-state index in [2.05, 4.69) is 18.9 Å². The van der Waals surface area contributed by atoms with Crippen molar-refractivity contribution < 1.29 is 4.39 Å². The van der Waals surface area contributed by atoms with Gasteiger partial charge in [0.1, 0.15) is 5.82 Å². The number of anilines is 1. The fraction of sp³-hybridized carbons (Fsp3) is 0.438. The Hall–Kier alpha value is -1.88. The molecule has 0 unspecified atom stereocenters. The molecule has 0 atom stereocenters. The molecule has 0 radical (unpaired) electrons. The molecular formula is C16H23FN4. The summed E-state index contributed by atoms with van der Waals surface area (Å²) in [5.74, 6) is -0.210. The summed E-state index contributed by atoms with van der Waals surface area (Å²) in [6, 6.07) is 9.14. The van der Waals surface area contributed by atoms with Gasteiger partial charge in [-0.15, -0.1) is 0 Å². The number of aromatic nitrogens is 2. The second-order valence-electron chi connectivity index (χ2n) is 5.40. The lowest BCUT2D eigenvalue weighted by atomic mass is 10.2. The lowest BCUT2D eigenvalue weighted by Crippen LogP contribution is -2.26. The van der Waals surface area contributed by atoms with E-state index in [0.717, 1.165) is 12.1 Å². The number of nitrogens with two attached hydrogens (primary N) is 1. The van der Waals surface area contributed by atoms with Crippen LogP contribution in [0.2, 0.25) is 0 Å². The van der Waals surface area contributed by atoms with Crippen LogP contribution in [-0.4, -0.2) is 22.9 Å². The van der Waals surface area contributed by atoms with Gasteiger partial charge in [-0.3, -0.25) is 4.68 Å². The highest BCUT2D eigenvalue weighted by Gasteiger charge is 2.13. The van der Waals surface area contributed by atoms with Gasteiger partial charge < -0.3 is 10.6 Å². The average Bonchev–Trinajstić information content (AvgIpc) is 2.93. The van der Waals surface area contributed by atoms with Crippen LogP contribution in [0.15, 0.2) is 36.5 Å². The van der Waals surface area contributed by atoms with Gasteiger partial charge in [0.15, 0.2) is 0 Å². The van der Waals surface area contributed by atoms with Crippen LogP contribution < -0.4 is 10.6 Å². The van der Waals surface area contributed by atoms with Crippen molar-refractivity contribution in [3.05, 3.63) is 48.0 Å². The van der Waals surface area contributed by atoms with Crippen LogP contribution in [0.5, 0.6) is 0 Å². The Labute approximate surface area is 125 Å². The molecule has 2 rings (SSSR count). The lowest BCUT2D eigenvalue weighted by Gasteiger charge is -2.24. The minimum Gasteiger partial charge on any atom is -0.363 e. The molecule has 0 amide bonds. The quantitative estimate of drug-likeness (QED) is 0.853. The van der Waals surface area contributed by atoms with E-state index in [1.54, 1.807) is 12.1 Å². The predicted molar refractivity (Wildman–Crippen MR) is 83.7 cm³/mol. The van der Waals surface area contributed by atoms with Crippen LogP contribution >= 0.6 is 0 Å². The van der Waals surface area contributed by atoms with E-state index in [-0.39, 0.29) is 5.82 Å². The first-order valence-electron chi connectivity index (χ1n) is 7.35. The third kappa shape index (κ3) is 4.04. The molecule has 2 N–H and O–H groups in total. The van der Waals surface area contributed by atoms with E-state index >= 15 is 0 Å². The van der Waals surface area contributed by atoms with Crippen molar-refractivity contribution in [2.45, 2.75) is 32.9 Å². The molecule has 0 aliphatic rings. The fourth-order valence-corrected chi connectivity index (χ4v) is 2.22. The summed E-state index contributed by atoms with van der Waals surface area (Å²) in [5, 5.41) is 4.53. The minimum absolute atomic E-state index is 0.210. The van der Waals surface area contributed by atoms with Gasteiger partial charge >= 0.3 is 0 Å². The molecule has 4 nitrogen and oxygen atoms in total. The van der Waals surface area contributed by atoms with Gasteiger partial charge in [-0.1, -0.05) is 12.1 Å². The Bertz CT molecular complexity index is 565. The van der Waals surface area contributed by atoms with Crippen molar-refractivity contribution in [3.8, 4) is 0 Å². The molecule has 0 aliphatic carbocycles. The number of para-hydroxylation sites is 1. The van der Waals surface area contributed by atoms with Gasteiger partial charge in [-0.25, -0.2) is 4.39 Å². The molecule has 0 saturated heterocycles. The van der Waals surface area contributed by atoms with E-state index < -0.39 is 0 Å². The maximum atomic E-state index is 14.0. The number of nitrogens with zero attached hydrogens (tertiary/aromatic N) is 3. The van der Waals surface area contributed by atoms with Crippen LogP contribution in [0.1, 0.15) is 32.0 Å². The van der Waals surface area contributed by atoms with Crippen LogP contribution in [0, 0.1) is 5.82 Å². The molecular weight excluding hydrogens is 267 g/mol. The van der Waals surface area contributed by atoms with E-state index in [9.17, 15) is 4.39 Å². The molecule has 114 valence electrons. The topological polar surface area (TPSA) is 47.1 Å².